The number of hydrogen-bond donors (Lipinski definition) is 1. The maximum atomic E-state index is 13.3. The normalized spacial score (nSPS) is 21.6. The zero-order chi connectivity index (χ0) is 23.4. The quantitative estimate of drug-likeness (QED) is 0.644. The van der Waals surface area contributed by atoms with Gasteiger partial charge in [-0.3, -0.25) is 14.5 Å². The Kier molecular flexibility index (Phi) is 7.71. The van der Waals surface area contributed by atoms with Crippen molar-refractivity contribution in [3.8, 4) is 0 Å². The number of thiophene rings is 1. The minimum Gasteiger partial charge on any atom is -0.469 e. The van der Waals surface area contributed by atoms with Crippen molar-refractivity contribution in [2.24, 2.45) is 5.92 Å². The van der Waals surface area contributed by atoms with Crippen LogP contribution in [0.4, 0.5) is 5.69 Å². The van der Waals surface area contributed by atoms with Gasteiger partial charge < -0.3 is 15.0 Å². The van der Waals surface area contributed by atoms with Crippen LogP contribution in [0.2, 0.25) is 0 Å². The predicted molar refractivity (Wildman–Crippen MR) is 133 cm³/mol. The second-order valence-corrected chi connectivity index (χ2v) is 10.6. The lowest BCUT2D eigenvalue weighted by Gasteiger charge is -2.36. The number of ether oxygens (including phenoxy) is 1. The third-order valence-electron chi connectivity index (χ3n) is 7.08. The number of carbonyl (C=O) groups is 2. The Morgan fingerprint density at radius 1 is 1.00 bits per heavy atom. The summed E-state index contributed by atoms with van der Waals surface area (Å²) in [6.07, 6.45) is 3.20. The van der Waals surface area contributed by atoms with Gasteiger partial charge >= 0.3 is 5.97 Å². The standard InChI is InChI=1S/C26H35N3O3S/c1-18-23(17-28-13-15-29(16-14-28)22-7-5-4-6-8-22)24(19(2)33-18)25(30)27-21-11-9-20(10-12-21)26(31)32-3/h4-8,20-21H,9-17H2,1-3H3,(H,27,30). The van der Waals surface area contributed by atoms with Crippen molar-refractivity contribution in [2.45, 2.75) is 52.1 Å². The number of anilines is 1. The molecule has 0 spiro atoms. The fourth-order valence-corrected chi connectivity index (χ4v) is 6.21. The van der Waals surface area contributed by atoms with Gasteiger partial charge in [-0.1, -0.05) is 18.2 Å². The van der Waals surface area contributed by atoms with Gasteiger partial charge in [-0.05, 0) is 57.2 Å². The summed E-state index contributed by atoms with van der Waals surface area (Å²) in [6, 6.07) is 10.7. The molecule has 1 saturated heterocycles. The number of methoxy groups -OCH3 is 1. The zero-order valence-electron chi connectivity index (χ0n) is 19.9. The van der Waals surface area contributed by atoms with Crippen LogP contribution in [0.25, 0.3) is 0 Å². The molecule has 0 radical (unpaired) electrons. The van der Waals surface area contributed by atoms with Gasteiger partial charge in [0.2, 0.25) is 0 Å². The first-order valence-corrected chi connectivity index (χ1v) is 12.8. The van der Waals surface area contributed by atoms with Gasteiger partial charge in [-0.2, -0.15) is 0 Å². The molecular formula is C26H35N3O3S. The molecule has 2 aliphatic rings. The summed E-state index contributed by atoms with van der Waals surface area (Å²) in [5, 5.41) is 3.26. The van der Waals surface area contributed by atoms with E-state index in [9.17, 15) is 9.59 Å². The molecule has 178 valence electrons. The van der Waals surface area contributed by atoms with Crippen LogP contribution in [0.3, 0.4) is 0 Å². The van der Waals surface area contributed by atoms with Crippen LogP contribution in [-0.2, 0) is 16.1 Å². The lowest BCUT2D eigenvalue weighted by molar-refractivity contribution is -0.146. The summed E-state index contributed by atoms with van der Waals surface area (Å²) in [6.45, 7) is 8.97. The highest BCUT2D eigenvalue weighted by molar-refractivity contribution is 7.12. The number of para-hydroxylation sites is 1. The van der Waals surface area contributed by atoms with Crippen molar-refractivity contribution < 1.29 is 14.3 Å². The molecule has 1 N–H and O–H groups in total. The SMILES string of the molecule is COC(=O)C1CCC(NC(=O)c2c(C)sc(C)c2CN2CCN(c3ccccc3)CC2)CC1. The number of hydrogen-bond acceptors (Lipinski definition) is 6. The fourth-order valence-electron chi connectivity index (χ4n) is 5.14. The molecular weight excluding hydrogens is 434 g/mol. The molecule has 0 bridgehead atoms. The molecule has 1 amide bonds. The van der Waals surface area contributed by atoms with Gasteiger partial charge in [0.1, 0.15) is 0 Å². The average Bonchev–Trinajstić information content (AvgIpc) is 3.12. The van der Waals surface area contributed by atoms with Crippen molar-refractivity contribution in [3.05, 3.63) is 51.2 Å². The Morgan fingerprint density at radius 2 is 1.67 bits per heavy atom. The monoisotopic (exact) mass is 469 g/mol. The van der Waals surface area contributed by atoms with E-state index in [0.717, 1.165) is 68.8 Å². The van der Waals surface area contributed by atoms with E-state index in [1.54, 1.807) is 11.3 Å². The van der Waals surface area contributed by atoms with Gasteiger partial charge in [-0.15, -0.1) is 11.3 Å². The molecule has 1 aromatic heterocycles. The first-order chi connectivity index (χ1) is 16.0. The number of carbonyl (C=O) groups excluding carboxylic acids is 2. The molecule has 2 heterocycles. The Labute approximate surface area is 200 Å². The van der Waals surface area contributed by atoms with Gasteiger partial charge in [0, 0.05) is 54.2 Å². The molecule has 1 aromatic carbocycles. The Balaban J connectivity index is 1.36. The highest BCUT2D eigenvalue weighted by Gasteiger charge is 2.30. The van der Waals surface area contributed by atoms with E-state index >= 15 is 0 Å². The largest absolute Gasteiger partial charge is 0.469 e. The average molecular weight is 470 g/mol. The molecule has 1 saturated carbocycles. The number of aryl methyl sites for hydroxylation is 2. The number of nitrogens with zero attached hydrogens (tertiary/aromatic N) is 2. The third kappa shape index (κ3) is 5.58. The molecule has 0 unspecified atom stereocenters. The van der Waals surface area contributed by atoms with Crippen LogP contribution in [-0.4, -0.2) is 56.1 Å². The molecule has 1 aliphatic heterocycles. The first kappa shape index (κ1) is 23.8. The Hall–Kier alpha value is -2.38. The summed E-state index contributed by atoms with van der Waals surface area (Å²) < 4.78 is 4.88. The number of amides is 1. The number of rotatable bonds is 6. The van der Waals surface area contributed by atoms with Crippen LogP contribution in [0, 0.1) is 19.8 Å². The van der Waals surface area contributed by atoms with E-state index in [2.05, 4.69) is 59.3 Å². The second-order valence-electron chi connectivity index (χ2n) is 9.21. The highest BCUT2D eigenvalue weighted by Crippen LogP contribution is 2.31. The van der Waals surface area contributed by atoms with E-state index in [1.807, 2.05) is 0 Å². The van der Waals surface area contributed by atoms with Gasteiger partial charge in [0.05, 0.1) is 18.6 Å². The van der Waals surface area contributed by atoms with Crippen molar-refractivity contribution in [1.82, 2.24) is 10.2 Å². The lowest BCUT2D eigenvalue weighted by atomic mass is 9.86. The molecule has 7 heteroatoms. The minimum atomic E-state index is -0.126. The maximum absolute atomic E-state index is 13.3. The van der Waals surface area contributed by atoms with E-state index in [0.29, 0.717) is 0 Å². The first-order valence-electron chi connectivity index (χ1n) is 12.0. The third-order valence-corrected chi connectivity index (χ3v) is 8.15. The van der Waals surface area contributed by atoms with Crippen molar-refractivity contribution >= 4 is 28.9 Å². The van der Waals surface area contributed by atoms with E-state index in [1.165, 1.54) is 23.2 Å². The maximum Gasteiger partial charge on any atom is 0.308 e. The van der Waals surface area contributed by atoms with Crippen LogP contribution < -0.4 is 10.2 Å². The number of nitrogens with one attached hydrogen (secondary N) is 1. The van der Waals surface area contributed by atoms with Crippen LogP contribution in [0.15, 0.2) is 30.3 Å². The molecule has 2 fully saturated rings. The highest BCUT2D eigenvalue weighted by atomic mass is 32.1. The molecule has 6 nitrogen and oxygen atoms in total. The minimum absolute atomic E-state index is 0.0293. The summed E-state index contributed by atoms with van der Waals surface area (Å²) in [4.78, 5) is 32.3. The summed E-state index contributed by atoms with van der Waals surface area (Å²) in [7, 11) is 1.45. The van der Waals surface area contributed by atoms with Crippen LogP contribution in [0.1, 0.15) is 51.4 Å². The zero-order valence-corrected chi connectivity index (χ0v) is 20.7. The van der Waals surface area contributed by atoms with Gasteiger partial charge in [0.15, 0.2) is 0 Å². The topological polar surface area (TPSA) is 61.9 Å². The summed E-state index contributed by atoms with van der Waals surface area (Å²) >= 11 is 1.72. The molecule has 2 aromatic rings. The number of benzene rings is 1. The smallest absolute Gasteiger partial charge is 0.308 e. The van der Waals surface area contributed by atoms with Crippen molar-refractivity contribution in [3.63, 3.8) is 0 Å². The van der Waals surface area contributed by atoms with Gasteiger partial charge in [-0.25, -0.2) is 0 Å². The molecule has 0 atom stereocenters. The fraction of sp³-hybridized carbons (Fsp3) is 0.538. The Morgan fingerprint density at radius 3 is 2.30 bits per heavy atom. The Bertz CT molecular complexity index is 959. The van der Waals surface area contributed by atoms with E-state index < -0.39 is 0 Å². The summed E-state index contributed by atoms with van der Waals surface area (Å²) in [5.74, 6) is -0.117. The van der Waals surface area contributed by atoms with E-state index in [4.69, 9.17) is 4.74 Å². The van der Waals surface area contributed by atoms with E-state index in [-0.39, 0.29) is 23.8 Å². The second kappa shape index (κ2) is 10.7. The summed E-state index contributed by atoms with van der Waals surface area (Å²) in [5.41, 5.74) is 3.31. The lowest BCUT2D eigenvalue weighted by Crippen LogP contribution is -2.46. The van der Waals surface area contributed by atoms with Gasteiger partial charge in [0.25, 0.3) is 5.91 Å². The molecule has 33 heavy (non-hydrogen) atoms. The predicted octanol–water partition coefficient (Wildman–Crippen LogP) is 4.15. The van der Waals surface area contributed by atoms with Crippen molar-refractivity contribution in [1.29, 1.82) is 0 Å². The molecule has 4 rings (SSSR count). The van der Waals surface area contributed by atoms with Crippen molar-refractivity contribution in [2.75, 3.05) is 38.2 Å². The molecule has 1 aliphatic carbocycles. The number of piperazine rings is 1. The van der Waals surface area contributed by atoms with Crippen LogP contribution >= 0.6 is 11.3 Å². The van der Waals surface area contributed by atoms with Crippen LogP contribution in [0.5, 0.6) is 0 Å². The number of esters is 1.